The fourth-order valence-electron chi connectivity index (χ4n) is 2.14. The van der Waals surface area contributed by atoms with Crippen LogP contribution < -0.4 is 16.0 Å². The predicted octanol–water partition coefficient (Wildman–Crippen LogP) is 1.33. The van der Waals surface area contributed by atoms with Crippen molar-refractivity contribution in [2.75, 3.05) is 26.4 Å². The zero-order chi connectivity index (χ0) is 18.9. The summed E-state index contributed by atoms with van der Waals surface area (Å²) in [7, 11) is -1.49. The standard InChI is InChI=1S/C17H28N4O3S.HI/c1-13(2)21-16(22)10-12-20-17(18-3)19-11-9-14-5-7-15(8-6-14)25(4,23)24;/h5-8,13H,9-12H2,1-4H3,(H,21,22)(H2,18,19,20);1H. The van der Waals surface area contributed by atoms with E-state index >= 15 is 0 Å². The molecule has 0 aliphatic carbocycles. The van der Waals surface area contributed by atoms with Crippen molar-refractivity contribution in [3.8, 4) is 0 Å². The molecule has 0 saturated carbocycles. The van der Waals surface area contributed by atoms with E-state index in [4.69, 9.17) is 0 Å². The average molecular weight is 496 g/mol. The molecule has 0 aliphatic rings. The molecule has 148 valence electrons. The van der Waals surface area contributed by atoms with E-state index in [1.54, 1.807) is 19.2 Å². The van der Waals surface area contributed by atoms with Crippen LogP contribution in [0.5, 0.6) is 0 Å². The fourth-order valence-corrected chi connectivity index (χ4v) is 2.77. The Bertz CT molecular complexity index is 688. The summed E-state index contributed by atoms with van der Waals surface area (Å²) in [6.45, 7) is 5.00. The molecule has 0 spiro atoms. The molecule has 0 atom stereocenters. The second-order valence-electron chi connectivity index (χ2n) is 6.06. The highest BCUT2D eigenvalue weighted by Gasteiger charge is 2.06. The van der Waals surface area contributed by atoms with Gasteiger partial charge in [-0.15, -0.1) is 24.0 Å². The Morgan fingerprint density at radius 2 is 1.69 bits per heavy atom. The van der Waals surface area contributed by atoms with Gasteiger partial charge in [-0.1, -0.05) is 12.1 Å². The molecule has 0 radical (unpaired) electrons. The molecule has 0 aliphatic heterocycles. The molecule has 1 amide bonds. The van der Waals surface area contributed by atoms with Gasteiger partial charge in [0.2, 0.25) is 5.91 Å². The highest BCUT2D eigenvalue weighted by atomic mass is 127. The van der Waals surface area contributed by atoms with Gasteiger partial charge in [0, 0.05) is 38.9 Å². The third-order valence-electron chi connectivity index (χ3n) is 3.38. The van der Waals surface area contributed by atoms with Crippen LogP contribution in [-0.4, -0.2) is 52.7 Å². The number of carbonyl (C=O) groups excluding carboxylic acids is 1. The summed E-state index contributed by atoms with van der Waals surface area (Å²) in [5, 5.41) is 9.09. The largest absolute Gasteiger partial charge is 0.356 e. The number of sulfone groups is 1. The van der Waals surface area contributed by atoms with Gasteiger partial charge in [0.25, 0.3) is 0 Å². The van der Waals surface area contributed by atoms with Crippen LogP contribution in [0, 0.1) is 0 Å². The first-order chi connectivity index (χ1) is 11.7. The maximum absolute atomic E-state index is 11.6. The smallest absolute Gasteiger partial charge is 0.221 e. The minimum atomic E-state index is -3.16. The van der Waals surface area contributed by atoms with Gasteiger partial charge in [-0.25, -0.2) is 8.42 Å². The lowest BCUT2D eigenvalue weighted by Crippen LogP contribution is -2.40. The number of amides is 1. The zero-order valence-electron chi connectivity index (χ0n) is 15.7. The third-order valence-corrected chi connectivity index (χ3v) is 4.50. The van der Waals surface area contributed by atoms with Crippen LogP contribution >= 0.6 is 24.0 Å². The maximum Gasteiger partial charge on any atom is 0.221 e. The summed E-state index contributed by atoms with van der Waals surface area (Å²) < 4.78 is 22.9. The number of nitrogens with one attached hydrogen (secondary N) is 3. The third kappa shape index (κ3) is 9.95. The Labute approximate surface area is 173 Å². The van der Waals surface area contributed by atoms with Gasteiger partial charge in [-0.3, -0.25) is 9.79 Å². The molecule has 7 nitrogen and oxygen atoms in total. The van der Waals surface area contributed by atoms with Gasteiger partial charge >= 0.3 is 0 Å². The van der Waals surface area contributed by atoms with Gasteiger partial charge in [0.05, 0.1) is 4.90 Å². The zero-order valence-corrected chi connectivity index (χ0v) is 18.9. The predicted molar refractivity (Wildman–Crippen MR) is 116 cm³/mol. The molecule has 0 bridgehead atoms. The van der Waals surface area contributed by atoms with Crippen molar-refractivity contribution >= 4 is 45.7 Å². The molecule has 9 heteroatoms. The molecule has 0 saturated heterocycles. The molecule has 0 unspecified atom stereocenters. The molecule has 0 heterocycles. The molecular formula is C17H29IN4O3S. The Hall–Kier alpha value is -1.36. The summed E-state index contributed by atoms with van der Waals surface area (Å²) in [4.78, 5) is 16.0. The minimum Gasteiger partial charge on any atom is -0.356 e. The van der Waals surface area contributed by atoms with Crippen molar-refractivity contribution in [2.45, 2.75) is 37.6 Å². The van der Waals surface area contributed by atoms with Crippen molar-refractivity contribution in [2.24, 2.45) is 4.99 Å². The van der Waals surface area contributed by atoms with Crippen LogP contribution in [0.15, 0.2) is 34.2 Å². The summed E-state index contributed by atoms with van der Waals surface area (Å²) in [6.07, 6.45) is 2.31. The fraction of sp³-hybridized carbons (Fsp3) is 0.529. The van der Waals surface area contributed by atoms with Crippen LogP contribution in [0.3, 0.4) is 0 Å². The lowest BCUT2D eigenvalue weighted by Gasteiger charge is -2.13. The van der Waals surface area contributed by atoms with Crippen LogP contribution in [0.4, 0.5) is 0 Å². The van der Waals surface area contributed by atoms with Gasteiger partial charge in [-0.2, -0.15) is 0 Å². The van der Waals surface area contributed by atoms with Crippen molar-refractivity contribution in [1.29, 1.82) is 0 Å². The number of aliphatic imine (C=N–C) groups is 1. The number of rotatable bonds is 8. The van der Waals surface area contributed by atoms with E-state index in [-0.39, 0.29) is 35.9 Å². The minimum absolute atomic E-state index is 0. The van der Waals surface area contributed by atoms with E-state index in [9.17, 15) is 13.2 Å². The van der Waals surface area contributed by atoms with E-state index in [1.165, 1.54) is 6.26 Å². The second-order valence-corrected chi connectivity index (χ2v) is 8.08. The topological polar surface area (TPSA) is 99.7 Å². The summed E-state index contributed by atoms with van der Waals surface area (Å²) in [6, 6.07) is 6.99. The number of nitrogens with zero attached hydrogens (tertiary/aromatic N) is 1. The second kappa shape index (κ2) is 12.1. The van der Waals surface area contributed by atoms with Crippen LogP contribution in [0.25, 0.3) is 0 Å². The normalized spacial score (nSPS) is 11.7. The van der Waals surface area contributed by atoms with Gasteiger partial charge < -0.3 is 16.0 Å². The molecule has 0 aromatic heterocycles. The molecule has 1 aromatic rings. The monoisotopic (exact) mass is 496 g/mol. The van der Waals surface area contributed by atoms with E-state index < -0.39 is 9.84 Å². The first-order valence-corrected chi connectivity index (χ1v) is 10.1. The Morgan fingerprint density at radius 3 is 2.19 bits per heavy atom. The number of hydrogen-bond acceptors (Lipinski definition) is 4. The van der Waals surface area contributed by atoms with Gasteiger partial charge in [-0.05, 0) is 38.0 Å². The Morgan fingerprint density at radius 1 is 1.12 bits per heavy atom. The first kappa shape index (κ1) is 24.6. The number of benzene rings is 1. The molecule has 3 N–H and O–H groups in total. The molecular weight excluding hydrogens is 467 g/mol. The lowest BCUT2D eigenvalue weighted by molar-refractivity contribution is -0.121. The Balaban J connectivity index is 0.00000625. The molecule has 0 fully saturated rings. The van der Waals surface area contributed by atoms with Crippen molar-refractivity contribution in [3.05, 3.63) is 29.8 Å². The summed E-state index contributed by atoms with van der Waals surface area (Å²) in [5.74, 6) is 0.633. The Kier molecular flexibility index (Phi) is 11.5. The van der Waals surface area contributed by atoms with E-state index in [0.29, 0.717) is 30.4 Å². The van der Waals surface area contributed by atoms with E-state index in [2.05, 4.69) is 20.9 Å². The molecule has 26 heavy (non-hydrogen) atoms. The van der Waals surface area contributed by atoms with E-state index in [0.717, 1.165) is 12.0 Å². The average Bonchev–Trinajstić information content (AvgIpc) is 2.52. The molecule has 1 aromatic carbocycles. The van der Waals surface area contributed by atoms with Crippen molar-refractivity contribution in [1.82, 2.24) is 16.0 Å². The highest BCUT2D eigenvalue weighted by molar-refractivity contribution is 14.0. The van der Waals surface area contributed by atoms with Crippen molar-refractivity contribution in [3.63, 3.8) is 0 Å². The molecule has 1 rings (SSSR count). The van der Waals surface area contributed by atoms with Crippen LogP contribution in [0.2, 0.25) is 0 Å². The quantitative estimate of drug-likeness (QED) is 0.287. The lowest BCUT2D eigenvalue weighted by atomic mass is 10.1. The van der Waals surface area contributed by atoms with Gasteiger partial charge in [0.1, 0.15) is 0 Å². The van der Waals surface area contributed by atoms with Crippen molar-refractivity contribution < 1.29 is 13.2 Å². The van der Waals surface area contributed by atoms with Crippen LogP contribution in [0.1, 0.15) is 25.8 Å². The number of guanidine groups is 1. The highest BCUT2D eigenvalue weighted by Crippen LogP contribution is 2.10. The van der Waals surface area contributed by atoms with E-state index in [1.807, 2.05) is 26.0 Å². The summed E-state index contributed by atoms with van der Waals surface area (Å²) in [5.41, 5.74) is 1.03. The first-order valence-electron chi connectivity index (χ1n) is 8.25. The van der Waals surface area contributed by atoms with Crippen LogP contribution in [-0.2, 0) is 21.1 Å². The maximum atomic E-state index is 11.6. The SMILES string of the molecule is CN=C(NCCC(=O)NC(C)C)NCCc1ccc(S(C)(=O)=O)cc1.I. The number of halogens is 1. The van der Waals surface area contributed by atoms with Gasteiger partial charge in [0.15, 0.2) is 15.8 Å². The number of carbonyl (C=O) groups is 1. The summed E-state index contributed by atoms with van der Waals surface area (Å²) >= 11 is 0. The number of hydrogen-bond donors (Lipinski definition) is 3.